The van der Waals surface area contributed by atoms with Crippen molar-refractivity contribution in [2.45, 2.75) is 24.3 Å². The predicted molar refractivity (Wildman–Crippen MR) is 81.2 cm³/mol. The summed E-state index contributed by atoms with van der Waals surface area (Å²) in [7, 11) is -1.88. The Hall–Kier alpha value is -1.02. The Bertz CT molecular complexity index is 629. The molecule has 1 aliphatic rings. The maximum atomic E-state index is 12.5. The molecule has 1 aliphatic heterocycles. The fourth-order valence-corrected chi connectivity index (χ4v) is 4.13. The van der Waals surface area contributed by atoms with E-state index in [2.05, 4.69) is 0 Å². The molecule has 0 aliphatic carbocycles. The number of aryl methyl sites for hydroxylation is 1. The number of thiocarbonyl (C=S) groups is 1. The first-order chi connectivity index (χ1) is 9.36. The van der Waals surface area contributed by atoms with Crippen molar-refractivity contribution in [1.82, 2.24) is 4.31 Å². The summed E-state index contributed by atoms with van der Waals surface area (Å²) in [5, 5.41) is 0. The molecule has 0 radical (unpaired) electrons. The van der Waals surface area contributed by atoms with Crippen molar-refractivity contribution in [3.05, 3.63) is 29.3 Å². The minimum absolute atomic E-state index is 0.0261. The standard InChI is InChI=1S/C13H18N2O3S2/c1-9-7-11(3-4-12(9)13(14)19)20(16,17)15-6-5-10(8-15)18-2/h3-4,7,10H,5-6,8H2,1-2H3,(H2,14,19). The van der Waals surface area contributed by atoms with E-state index in [4.69, 9.17) is 22.7 Å². The lowest BCUT2D eigenvalue weighted by molar-refractivity contribution is 0.115. The number of sulfonamides is 1. The van der Waals surface area contributed by atoms with Crippen molar-refractivity contribution in [2.24, 2.45) is 5.73 Å². The molecule has 1 aromatic carbocycles. The maximum Gasteiger partial charge on any atom is 0.243 e. The third-order valence-corrected chi connectivity index (χ3v) is 5.62. The molecule has 1 atom stereocenters. The topological polar surface area (TPSA) is 72.6 Å². The molecule has 0 bridgehead atoms. The smallest absolute Gasteiger partial charge is 0.243 e. The minimum atomic E-state index is -3.48. The first kappa shape index (κ1) is 15.4. The molecule has 2 N–H and O–H groups in total. The lowest BCUT2D eigenvalue weighted by atomic mass is 10.1. The van der Waals surface area contributed by atoms with Crippen molar-refractivity contribution in [3.8, 4) is 0 Å². The molecule has 0 saturated carbocycles. The predicted octanol–water partition coefficient (Wildman–Crippen LogP) is 1.04. The molecule has 2 rings (SSSR count). The van der Waals surface area contributed by atoms with Gasteiger partial charge in [0.05, 0.1) is 11.0 Å². The zero-order valence-electron chi connectivity index (χ0n) is 11.5. The molecule has 20 heavy (non-hydrogen) atoms. The van der Waals surface area contributed by atoms with Crippen LogP contribution in [0.15, 0.2) is 23.1 Å². The molecule has 7 heteroatoms. The van der Waals surface area contributed by atoms with E-state index in [9.17, 15) is 8.42 Å². The molecule has 0 aromatic heterocycles. The molecule has 0 spiro atoms. The molecule has 1 unspecified atom stereocenters. The van der Waals surface area contributed by atoms with E-state index in [1.165, 1.54) is 4.31 Å². The van der Waals surface area contributed by atoms with Crippen LogP contribution < -0.4 is 5.73 Å². The summed E-state index contributed by atoms with van der Waals surface area (Å²) < 4.78 is 31.7. The van der Waals surface area contributed by atoms with E-state index in [0.29, 0.717) is 18.7 Å². The van der Waals surface area contributed by atoms with Crippen LogP contribution in [0, 0.1) is 6.92 Å². The highest BCUT2D eigenvalue weighted by atomic mass is 32.2. The van der Waals surface area contributed by atoms with Crippen molar-refractivity contribution >= 4 is 27.2 Å². The van der Waals surface area contributed by atoms with Crippen LogP contribution in [-0.4, -0.2) is 44.0 Å². The Morgan fingerprint density at radius 2 is 2.20 bits per heavy atom. The quantitative estimate of drug-likeness (QED) is 0.841. The second-order valence-corrected chi connectivity index (χ2v) is 7.23. The molecular formula is C13H18N2O3S2. The van der Waals surface area contributed by atoms with Crippen LogP contribution in [0.5, 0.6) is 0 Å². The summed E-state index contributed by atoms with van der Waals surface area (Å²) in [6.45, 7) is 2.68. The van der Waals surface area contributed by atoms with Gasteiger partial charge in [-0.25, -0.2) is 8.42 Å². The fourth-order valence-electron chi connectivity index (χ4n) is 2.33. The van der Waals surface area contributed by atoms with E-state index in [0.717, 1.165) is 12.0 Å². The summed E-state index contributed by atoms with van der Waals surface area (Å²) in [4.78, 5) is 0.541. The molecule has 1 aromatic rings. The molecule has 1 fully saturated rings. The minimum Gasteiger partial charge on any atom is -0.389 e. The van der Waals surface area contributed by atoms with E-state index < -0.39 is 10.0 Å². The first-order valence-electron chi connectivity index (χ1n) is 6.29. The molecule has 0 amide bonds. The third-order valence-electron chi connectivity index (χ3n) is 3.54. The van der Waals surface area contributed by atoms with Crippen molar-refractivity contribution < 1.29 is 13.2 Å². The normalized spacial score (nSPS) is 20.2. The molecule has 110 valence electrons. The van der Waals surface area contributed by atoms with Crippen LogP contribution in [0.2, 0.25) is 0 Å². The Labute approximate surface area is 124 Å². The highest BCUT2D eigenvalue weighted by Crippen LogP contribution is 2.24. The average Bonchev–Trinajstić information content (AvgIpc) is 2.87. The van der Waals surface area contributed by atoms with Crippen LogP contribution in [0.3, 0.4) is 0 Å². The summed E-state index contributed by atoms with van der Waals surface area (Å²) >= 11 is 4.93. The second kappa shape index (κ2) is 5.77. The van der Waals surface area contributed by atoms with Gasteiger partial charge >= 0.3 is 0 Å². The van der Waals surface area contributed by atoms with E-state index in [-0.39, 0.29) is 16.0 Å². The Morgan fingerprint density at radius 1 is 1.50 bits per heavy atom. The van der Waals surface area contributed by atoms with Gasteiger partial charge in [-0.15, -0.1) is 0 Å². The Balaban J connectivity index is 2.31. The lowest BCUT2D eigenvalue weighted by Crippen LogP contribution is -2.30. The number of benzene rings is 1. The number of nitrogens with zero attached hydrogens (tertiary/aromatic N) is 1. The van der Waals surface area contributed by atoms with Gasteiger partial charge in [0.2, 0.25) is 10.0 Å². The van der Waals surface area contributed by atoms with E-state index in [1.54, 1.807) is 32.2 Å². The molecular weight excluding hydrogens is 296 g/mol. The van der Waals surface area contributed by atoms with Crippen LogP contribution in [0.25, 0.3) is 0 Å². The fraction of sp³-hybridized carbons (Fsp3) is 0.462. The Kier molecular flexibility index (Phi) is 4.43. The molecule has 5 nitrogen and oxygen atoms in total. The van der Waals surface area contributed by atoms with Gasteiger partial charge in [-0.05, 0) is 31.0 Å². The number of hydrogen-bond acceptors (Lipinski definition) is 4. The van der Waals surface area contributed by atoms with E-state index >= 15 is 0 Å². The summed E-state index contributed by atoms with van der Waals surface area (Å²) in [6, 6.07) is 4.83. The number of rotatable bonds is 4. The zero-order valence-corrected chi connectivity index (χ0v) is 13.1. The van der Waals surface area contributed by atoms with Crippen LogP contribution in [-0.2, 0) is 14.8 Å². The van der Waals surface area contributed by atoms with E-state index in [1.807, 2.05) is 0 Å². The SMILES string of the molecule is COC1CCN(S(=O)(=O)c2ccc(C(N)=S)c(C)c2)C1. The number of methoxy groups -OCH3 is 1. The summed E-state index contributed by atoms with van der Waals surface area (Å²) in [5.41, 5.74) is 7.06. The van der Waals surface area contributed by atoms with Gasteiger partial charge in [0.25, 0.3) is 0 Å². The highest BCUT2D eigenvalue weighted by molar-refractivity contribution is 7.89. The molecule has 1 saturated heterocycles. The van der Waals surface area contributed by atoms with Crippen LogP contribution in [0.1, 0.15) is 17.5 Å². The van der Waals surface area contributed by atoms with Gasteiger partial charge in [0, 0.05) is 25.8 Å². The van der Waals surface area contributed by atoms with Gasteiger partial charge in [-0.1, -0.05) is 18.3 Å². The monoisotopic (exact) mass is 314 g/mol. The van der Waals surface area contributed by atoms with Crippen molar-refractivity contribution in [2.75, 3.05) is 20.2 Å². The van der Waals surface area contributed by atoms with Gasteiger partial charge < -0.3 is 10.5 Å². The molecule has 1 heterocycles. The van der Waals surface area contributed by atoms with Gasteiger partial charge in [0.15, 0.2) is 0 Å². The second-order valence-electron chi connectivity index (χ2n) is 4.85. The van der Waals surface area contributed by atoms with Gasteiger partial charge in [0.1, 0.15) is 4.99 Å². The maximum absolute atomic E-state index is 12.5. The zero-order chi connectivity index (χ0) is 14.9. The Morgan fingerprint density at radius 3 is 2.70 bits per heavy atom. The number of hydrogen-bond donors (Lipinski definition) is 1. The number of ether oxygens (including phenoxy) is 1. The van der Waals surface area contributed by atoms with Crippen molar-refractivity contribution in [1.29, 1.82) is 0 Å². The third kappa shape index (κ3) is 2.85. The highest BCUT2D eigenvalue weighted by Gasteiger charge is 2.32. The summed E-state index contributed by atoms with van der Waals surface area (Å²) in [6.07, 6.45) is 0.696. The summed E-state index contributed by atoms with van der Waals surface area (Å²) in [5.74, 6) is 0. The average molecular weight is 314 g/mol. The van der Waals surface area contributed by atoms with Crippen molar-refractivity contribution in [3.63, 3.8) is 0 Å². The first-order valence-corrected chi connectivity index (χ1v) is 8.14. The van der Waals surface area contributed by atoms with Gasteiger partial charge in [-0.2, -0.15) is 4.31 Å². The van der Waals surface area contributed by atoms with Crippen LogP contribution >= 0.6 is 12.2 Å². The van der Waals surface area contributed by atoms with Gasteiger partial charge in [-0.3, -0.25) is 0 Å². The lowest BCUT2D eigenvalue weighted by Gasteiger charge is -2.17. The van der Waals surface area contributed by atoms with Crippen LogP contribution in [0.4, 0.5) is 0 Å². The largest absolute Gasteiger partial charge is 0.389 e. The number of nitrogens with two attached hydrogens (primary N) is 1.